The van der Waals surface area contributed by atoms with E-state index in [1.54, 1.807) is 6.08 Å². The van der Waals surface area contributed by atoms with Crippen molar-refractivity contribution in [3.8, 4) is 0 Å². The Bertz CT molecular complexity index is 714. The lowest BCUT2D eigenvalue weighted by atomic mass is 10.1. The van der Waals surface area contributed by atoms with Crippen LogP contribution in [0.25, 0.3) is 0 Å². The third-order valence-corrected chi connectivity index (χ3v) is 4.19. The highest BCUT2D eigenvalue weighted by molar-refractivity contribution is 8.14. The minimum Gasteiger partial charge on any atom is -0.283 e. The van der Waals surface area contributed by atoms with Crippen LogP contribution in [0.5, 0.6) is 0 Å². The van der Waals surface area contributed by atoms with Gasteiger partial charge in [-0.25, -0.2) is 0 Å². The van der Waals surface area contributed by atoms with Gasteiger partial charge in [-0.2, -0.15) is 10.1 Å². The van der Waals surface area contributed by atoms with Crippen LogP contribution >= 0.6 is 11.8 Å². The van der Waals surface area contributed by atoms with Gasteiger partial charge in [0.1, 0.15) is 5.84 Å². The summed E-state index contributed by atoms with van der Waals surface area (Å²) in [7, 11) is 0. The van der Waals surface area contributed by atoms with Crippen LogP contribution in [0, 0.1) is 10.8 Å². The van der Waals surface area contributed by atoms with Crippen molar-refractivity contribution in [2.75, 3.05) is 5.75 Å². The lowest BCUT2D eigenvalue weighted by Crippen LogP contribution is -2.34. The van der Waals surface area contributed by atoms with Gasteiger partial charge in [0, 0.05) is 5.75 Å². The van der Waals surface area contributed by atoms with Crippen LogP contribution < -0.4 is 0 Å². The highest BCUT2D eigenvalue weighted by atomic mass is 32.2. The van der Waals surface area contributed by atoms with Crippen LogP contribution in [-0.2, 0) is 0 Å². The molecule has 1 aromatic carbocycles. The second kappa shape index (κ2) is 9.03. The molecule has 0 amide bonds. The smallest absolute Gasteiger partial charge is 0.183 e. The summed E-state index contributed by atoms with van der Waals surface area (Å²) in [4.78, 5) is 0. The van der Waals surface area contributed by atoms with Crippen LogP contribution in [0.2, 0.25) is 0 Å². The fraction of sp³-hybridized carbons (Fsp3) is 0.211. The lowest BCUT2D eigenvalue weighted by molar-refractivity contribution is 0.664. The van der Waals surface area contributed by atoms with Crippen molar-refractivity contribution in [3.05, 3.63) is 71.8 Å². The summed E-state index contributed by atoms with van der Waals surface area (Å²) in [6, 6.07) is 9.90. The highest BCUT2D eigenvalue weighted by Crippen LogP contribution is 2.19. The van der Waals surface area contributed by atoms with Gasteiger partial charge >= 0.3 is 0 Å². The van der Waals surface area contributed by atoms with Gasteiger partial charge in [0.15, 0.2) is 5.17 Å². The van der Waals surface area contributed by atoms with Crippen molar-refractivity contribution in [1.82, 2.24) is 5.01 Å². The standard InChI is InChI=1S/C19H22N4S/c1-3-4-6-9-15(2)12-13-18(20)23-19(21)24-14-17(22-23)16-10-7-5-8-11-16/h4-13,20-21H,3,14H2,1-2H3/b6-4-,13-12+,15-9-,20-18?,21-19?. The van der Waals surface area contributed by atoms with Gasteiger partial charge in [-0.1, -0.05) is 78.9 Å². The first-order chi connectivity index (χ1) is 11.6. The zero-order chi connectivity index (χ0) is 17.4. The third kappa shape index (κ3) is 5.06. The molecule has 0 fully saturated rings. The molecule has 1 aromatic rings. The second-order valence-electron chi connectivity index (χ2n) is 5.28. The van der Waals surface area contributed by atoms with Gasteiger partial charge in [-0.05, 0) is 25.0 Å². The number of amidine groups is 2. The summed E-state index contributed by atoms with van der Waals surface area (Å²) in [5.74, 6) is 0.838. The number of allylic oxidation sites excluding steroid dienone is 5. The summed E-state index contributed by atoms with van der Waals surface area (Å²) in [6.45, 7) is 4.08. The number of thioether (sulfide) groups is 1. The maximum Gasteiger partial charge on any atom is 0.183 e. The average Bonchev–Trinajstić information content (AvgIpc) is 2.61. The first-order valence-corrected chi connectivity index (χ1v) is 8.84. The molecule has 124 valence electrons. The molecule has 5 heteroatoms. The minimum atomic E-state index is 0.188. The molecule has 24 heavy (non-hydrogen) atoms. The predicted molar refractivity (Wildman–Crippen MR) is 105 cm³/mol. The fourth-order valence-electron chi connectivity index (χ4n) is 2.02. The molecule has 0 atom stereocenters. The maximum atomic E-state index is 8.21. The van der Waals surface area contributed by atoms with Crippen molar-refractivity contribution in [2.45, 2.75) is 20.3 Å². The molecular formula is C19H22N4S. The summed E-state index contributed by atoms with van der Waals surface area (Å²) < 4.78 is 0. The third-order valence-electron chi connectivity index (χ3n) is 3.33. The van der Waals surface area contributed by atoms with Crippen molar-refractivity contribution in [2.24, 2.45) is 5.10 Å². The molecule has 0 spiro atoms. The van der Waals surface area contributed by atoms with E-state index in [4.69, 9.17) is 10.8 Å². The fourth-order valence-corrected chi connectivity index (χ4v) is 2.78. The zero-order valence-corrected chi connectivity index (χ0v) is 14.8. The van der Waals surface area contributed by atoms with E-state index in [1.165, 1.54) is 16.8 Å². The van der Waals surface area contributed by atoms with E-state index in [-0.39, 0.29) is 11.0 Å². The molecule has 0 saturated carbocycles. The van der Waals surface area contributed by atoms with Crippen LogP contribution in [0.1, 0.15) is 25.8 Å². The van der Waals surface area contributed by atoms with E-state index in [2.05, 4.69) is 18.1 Å². The van der Waals surface area contributed by atoms with Crippen LogP contribution in [0.3, 0.4) is 0 Å². The monoisotopic (exact) mass is 338 g/mol. The van der Waals surface area contributed by atoms with Crippen LogP contribution in [0.15, 0.2) is 71.4 Å². The topological polar surface area (TPSA) is 63.3 Å². The Hall–Kier alpha value is -2.40. The molecule has 0 saturated heterocycles. The van der Waals surface area contributed by atoms with Crippen molar-refractivity contribution < 1.29 is 0 Å². The molecular weight excluding hydrogens is 316 g/mol. The molecule has 4 nitrogen and oxygen atoms in total. The van der Waals surface area contributed by atoms with E-state index in [0.717, 1.165) is 23.3 Å². The van der Waals surface area contributed by atoms with Gasteiger partial charge in [-0.15, -0.1) is 0 Å². The van der Waals surface area contributed by atoms with E-state index in [1.807, 2.05) is 55.5 Å². The molecule has 1 heterocycles. The average molecular weight is 338 g/mol. The van der Waals surface area contributed by atoms with E-state index in [0.29, 0.717) is 5.75 Å². The van der Waals surface area contributed by atoms with Crippen molar-refractivity contribution >= 4 is 28.5 Å². The Morgan fingerprint density at radius 1 is 1.29 bits per heavy atom. The van der Waals surface area contributed by atoms with Crippen molar-refractivity contribution in [3.63, 3.8) is 0 Å². The van der Waals surface area contributed by atoms with Crippen molar-refractivity contribution in [1.29, 1.82) is 10.8 Å². The van der Waals surface area contributed by atoms with Gasteiger partial charge < -0.3 is 0 Å². The number of rotatable bonds is 5. The predicted octanol–water partition coefficient (Wildman–Crippen LogP) is 4.82. The van der Waals surface area contributed by atoms with Gasteiger partial charge in [0.25, 0.3) is 0 Å². The Balaban J connectivity index is 2.13. The molecule has 0 radical (unpaired) electrons. The summed E-state index contributed by atoms with van der Waals surface area (Å²) in [5, 5.41) is 22.4. The molecule has 1 aliphatic heterocycles. The SMILES string of the molecule is CC\C=C/C=C(C)\C=C\C(=N)N1N=C(c2ccccc2)CSC1=N. The first-order valence-electron chi connectivity index (χ1n) is 7.86. The Morgan fingerprint density at radius 3 is 2.75 bits per heavy atom. The second-order valence-corrected chi connectivity index (χ2v) is 6.25. The van der Waals surface area contributed by atoms with E-state index >= 15 is 0 Å². The quantitative estimate of drug-likeness (QED) is 0.459. The summed E-state index contributed by atoms with van der Waals surface area (Å²) in [6.07, 6.45) is 10.6. The number of hydrogen-bond donors (Lipinski definition) is 2. The number of hydrazone groups is 1. The van der Waals surface area contributed by atoms with Gasteiger partial charge in [0.05, 0.1) is 5.71 Å². The molecule has 0 bridgehead atoms. The minimum absolute atomic E-state index is 0.188. The summed E-state index contributed by atoms with van der Waals surface area (Å²) >= 11 is 1.39. The highest BCUT2D eigenvalue weighted by Gasteiger charge is 2.21. The summed E-state index contributed by atoms with van der Waals surface area (Å²) in [5.41, 5.74) is 2.96. The molecule has 1 aliphatic rings. The van der Waals surface area contributed by atoms with Crippen LogP contribution in [-0.4, -0.2) is 27.5 Å². The Morgan fingerprint density at radius 2 is 2.04 bits per heavy atom. The molecule has 0 aliphatic carbocycles. The maximum absolute atomic E-state index is 8.21. The van der Waals surface area contributed by atoms with Crippen LogP contribution in [0.4, 0.5) is 0 Å². The van der Waals surface area contributed by atoms with E-state index < -0.39 is 0 Å². The number of nitrogens with one attached hydrogen (secondary N) is 2. The largest absolute Gasteiger partial charge is 0.283 e. The van der Waals surface area contributed by atoms with Gasteiger partial charge in [-0.3, -0.25) is 10.8 Å². The normalized spacial score (nSPS) is 16.1. The lowest BCUT2D eigenvalue weighted by Gasteiger charge is -2.24. The van der Waals surface area contributed by atoms with E-state index in [9.17, 15) is 0 Å². The molecule has 2 N–H and O–H groups in total. The Labute approximate surface area is 147 Å². The number of hydrogen-bond acceptors (Lipinski definition) is 4. The van der Waals surface area contributed by atoms with Gasteiger partial charge in [0.2, 0.25) is 0 Å². The molecule has 0 unspecified atom stereocenters. The number of nitrogens with zero attached hydrogens (tertiary/aromatic N) is 2. The molecule has 0 aromatic heterocycles. The Kier molecular flexibility index (Phi) is 6.75. The number of benzene rings is 1. The molecule has 2 rings (SSSR count). The zero-order valence-electron chi connectivity index (χ0n) is 14.0. The first kappa shape index (κ1) is 17.9.